The monoisotopic (exact) mass is 427 g/mol. The Morgan fingerprint density at radius 2 is 2.20 bits per heavy atom. The Kier molecular flexibility index (Phi) is 7.87. The number of pyridine rings is 1. The van der Waals surface area contributed by atoms with Crippen LogP contribution < -0.4 is 5.32 Å². The number of nitrogens with one attached hydrogen (secondary N) is 2. The molecule has 1 unspecified atom stereocenters. The molecule has 5 nitrogen and oxygen atoms in total. The van der Waals surface area contributed by atoms with Crippen LogP contribution in [0.15, 0.2) is 59.7 Å². The molecule has 0 saturated carbocycles. The van der Waals surface area contributed by atoms with Gasteiger partial charge in [-0.2, -0.15) is 5.10 Å². The lowest BCUT2D eigenvalue weighted by atomic mass is 10.1. The summed E-state index contributed by atoms with van der Waals surface area (Å²) in [4.78, 5) is 5.16. The molecule has 160 valence electrons. The van der Waals surface area contributed by atoms with Crippen LogP contribution in [0.4, 0.5) is 4.39 Å². The summed E-state index contributed by atoms with van der Waals surface area (Å²) in [7, 11) is 0. The SMILES string of the molecule is C/C=C\C(S)=C(\F)CC.C[C@H]1CC(Cn2ccc3nc(-c4cn[nH]c4)ccc32)CN1. The molecule has 2 N–H and O–H groups in total. The highest BCUT2D eigenvalue weighted by Gasteiger charge is 2.21. The topological polar surface area (TPSA) is 58.5 Å². The van der Waals surface area contributed by atoms with Gasteiger partial charge < -0.3 is 9.88 Å². The van der Waals surface area contributed by atoms with Gasteiger partial charge in [0, 0.05) is 35.4 Å². The van der Waals surface area contributed by atoms with Gasteiger partial charge in [0.2, 0.25) is 0 Å². The van der Waals surface area contributed by atoms with E-state index in [1.165, 1.54) is 11.9 Å². The third kappa shape index (κ3) is 5.61. The van der Waals surface area contributed by atoms with Crippen molar-refractivity contribution in [3.8, 4) is 11.3 Å². The maximum Gasteiger partial charge on any atom is 0.113 e. The second kappa shape index (κ2) is 10.6. The van der Waals surface area contributed by atoms with Crippen molar-refractivity contribution in [2.24, 2.45) is 5.92 Å². The van der Waals surface area contributed by atoms with E-state index in [0.717, 1.165) is 29.9 Å². The molecular formula is C23H30FN5S. The summed E-state index contributed by atoms with van der Waals surface area (Å²) in [6.45, 7) is 8.02. The van der Waals surface area contributed by atoms with E-state index < -0.39 is 0 Å². The van der Waals surface area contributed by atoms with Gasteiger partial charge in [0.15, 0.2) is 0 Å². The molecule has 3 aromatic rings. The molecule has 7 heteroatoms. The van der Waals surface area contributed by atoms with E-state index in [9.17, 15) is 4.39 Å². The van der Waals surface area contributed by atoms with Crippen LogP contribution in [0.1, 0.15) is 33.6 Å². The van der Waals surface area contributed by atoms with Crippen molar-refractivity contribution in [3.05, 3.63) is 59.7 Å². The molecule has 1 aliphatic rings. The molecule has 1 aliphatic heterocycles. The number of H-pyrrole nitrogens is 1. The third-order valence-electron chi connectivity index (χ3n) is 5.23. The summed E-state index contributed by atoms with van der Waals surface area (Å²) in [5, 5.41) is 10.3. The lowest BCUT2D eigenvalue weighted by Crippen LogP contribution is -2.17. The Morgan fingerprint density at radius 3 is 2.83 bits per heavy atom. The predicted molar refractivity (Wildman–Crippen MR) is 125 cm³/mol. The fourth-order valence-electron chi connectivity index (χ4n) is 3.67. The average Bonchev–Trinajstić information content (AvgIpc) is 3.50. The van der Waals surface area contributed by atoms with Crippen LogP contribution in [0.25, 0.3) is 22.3 Å². The van der Waals surface area contributed by atoms with Crippen LogP contribution in [0.2, 0.25) is 0 Å². The number of thiol groups is 1. The Balaban J connectivity index is 0.000000244. The van der Waals surface area contributed by atoms with E-state index in [0.29, 0.717) is 23.3 Å². The number of allylic oxidation sites excluding steroid dienone is 3. The summed E-state index contributed by atoms with van der Waals surface area (Å²) in [6, 6.07) is 6.98. The van der Waals surface area contributed by atoms with Crippen LogP contribution in [-0.4, -0.2) is 32.3 Å². The molecule has 2 atom stereocenters. The van der Waals surface area contributed by atoms with E-state index in [1.807, 2.05) is 13.1 Å². The Morgan fingerprint density at radius 1 is 1.37 bits per heavy atom. The van der Waals surface area contributed by atoms with Gasteiger partial charge in [-0.25, -0.2) is 9.37 Å². The van der Waals surface area contributed by atoms with Crippen molar-refractivity contribution < 1.29 is 4.39 Å². The zero-order chi connectivity index (χ0) is 21.5. The van der Waals surface area contributed by atoms with Gasteiger partial charge in [0.25, 0.3) is 0 Å². The highest BCUT2D eigenvalue weighted by molar-refractivity contribution is 7.84. The number of fused-ring (bicyclic) bond motifs is 1. The average molecular weight is 428 g/mol. The van der Waals surface area contributed by atoms with Crippen molar-refractivity contribution in [2.45, 2.75) is 46.2 Å². The summed E-state index contributed by atoms with van der Waals surface area (Å²) in [5.41, 5.74) is 4.25. The van der Waals surface area contributed by atoms with Crippen LogP contribution in [0.5, 0.6) is 0 Å². The predicted octanol–water partition coefficient (Wildman–Crippen LogP) is 5.51. The van der Waals surface area contributed by atoms with Crippen LogP contribution in [0, 0.1) is 5.92 Å². The molecule has 4 heterocycles. The molecule has 1 saturated heterocycles. The van der Waals surface area contributed by atoms with Crippen molar-refractivity contribution in [1.29, 1.82) is 0 Å². The maximum absolute atomic E-state index is 12.5. The fraction of sp³-hybridized carbons (Fsp3) is 0.391. The van der Waals surface area contributed by atoms with E-state index in [-0.39, 0.29) is 5.83 Å². The highest BCUT2D eigenvalue weighted by Crippen LogP contribution is 2.23. The van der Waals surface area contributed by atoms with Crippen LogP contribution in [0.3, 0.4) is 0 Å². The van der Waals surface area contributed by atoms with Gasteiger partial charge in [-0.1, -0.05) is 19.1 Å². The largest absolute Gasteiger partial charge is 0.346 e. The normalized spacial score (nSPS) is 19.8. The van der Waals surface area contributed by atoms with Gasteiger partial charge in [0.05, 0.1) is 22.9 Å². The lowest BCUT2D eigenvalue weighted by molar-refractivity contribution is 0.483. The number of aromatic amines is 1. The smallest absolute Gasteiger partial charge is 0.113 e. The molecule has 0 aliphatic carbocycles. The van der Waals surface area contributed by atoms with Crippen LogP contribution in [-0.2, 0) is 6.54 Å². The Labute approximate surface area is 182 Å². The molecule has 30 heavy (non-hydrogen) atoms. The third-order valence-corrected chi connectivity index (χ3v) is 5.62. The Bertz CT molecular complexity index is 1010. The van der Waals surface area contributed by atoms with Gasteiger partial charge in [0.1, 0.15) is 5.83 Å². The minimum atomic E-state index is -0.156. The van der Waals surface area contributed by atoms with E-state index in [2.05, 4.69) is 64.0 Å². The van der Waals surface area contributed by atoms with Crippen LogP contribution >= 0.6 is 12.6 Å². The Hall–Kier alpha value is -2.38. The second-order valence-electron chi connectivity index (χ2n) is 7.61. The zero-order valence-corrected chi connectivity index (χ0v) is 18.7. The van der Waals surface area contributed by atoms with Crippen molar-refractivity contribution in [2.75, 3.05) is 6.54 Å². The van der Waals surface area contributed by atoms with E-state index in [1.54, 1.807) is 25.3 Å². The first-order valence-electron chi connectivity index (χ1n) is 10.4. The molecule has 0 amide bonds. The molecule has 0 aromatic carbocycles. The van der Waals surface area contributed by atoms with Gasteiger partial charge >= 0.3 is 0 Å². The van der Waals surface area contributed by atoms with Gasteiger partial charge in [-0.05, 0) is 57.4 Å². The number of halogens is 1. The highest BCUT2D eigenvalue weighted by atomic mass is 32.1. The molecule has 3 aromatic heterocycles. The van der Waals surface area contributed by atoms with Crippen molar-refractivity contribution in [1.82, 2.24) is 25.1 Å². The molecule has 1 fully saturated rings. The first-order valence-corrected chi connectivity index (χ1v) is 10.8. The minimum absolute atomic E-state index is 0.156. The minimum Gasteiger partial charge on any atom is -0.346 e. The molecule has 0 spiro atoms. The molecular weight excluding hydrogens is 397 g/mol. The number of nitrogens with zero attached hydrogens (tertiary/aromatic N) is 3. The van der Waals surface area contributed by atoms with Gasteiger partial charge in [-0.3, -0.25) is 5.10 Å². The van der Waals surface area contributed by atoms with Crippen molar-refractivity contribution >= 4 is 23.7 Å². The first kappa shape index (κ1) is 22.3. The quantitative estimate of drug-likeness (QED) is 0.372. The zero-order valence-electron chi connectivity index (χ0n) is 17.8. The standard InChI is InChI=1S/C16H19N5.C7H11FS/c1-11-6-12(7-17-11)10-21-5-4-15-16(21)3-2-14(20-15)13-8-18-19-9-13;1-3-5-7(9)6(8)4-2/h2-5,8-9,11-12,17H,6-7,10H2,1H3,(H,18,19);3,5,9H,4H2,1-2H3/b;5-3-,7-6-/t11-,12?;/m0./s1. The summed E-state index contributed by atoms with van der Waals surface area (Å²) < 4.78 is 14.8. The first-order chi connectivity index (χ1) is 14.5. The number of hydrogen-bond donors (Lipinski definition) is 3. The summed E-state index contributed by atoms with van der Waals surface area (Å²) >= 11 is 3.90. The maximum atomic E-state index is 12.5. The molecule has 0 bridgehead atoms. The molecule has 4 rings (SSSR count). The second-order valence-corrected chi connectivity index (χ2v) is 8.09. The summed E-state index contributed by atoms with van der Waals surface area (Å²) in [5.74, 6) is 0.556. The number of rotatable bonds is 5. The number of hydrogen-bond acceptors (Lipinski definition) is 4. The fourth-order valence-corrected chi connectivity index (χ4v) is 3.97. The molecule has 0 radical (unpaired) electrons. The lowest BCUT2D eigenvalue weighted by Gasteiger charge is -2.11. The summed E-state index contributed by atoms with van der Waals surface area (Å²) in [6.07, 6.45) is 10.9. The number of aromatic nitrogens is 4. The van der Waals surface area contributed by atoms with E-state index in [4.69, 9.17) is 4.98 Å². The van der Waals surface area contributed by atoms with Crippen molar-refractivity contribution in [3.63, 3.8) is 0 Å². The van der Waals surface area contributed by atoms with Gasteiger partial charge in [-0.15, -0.1) is 12.6 Å². The van der Waals surface area contributed by atoms with E-state index >= 15 is 0 Å².